The van der Waals surface area contributed by atoms with E-state index < -0.39 is 17.6 Å². The standard InChI is InChI=1S/C20H28O6Si2/c1-21-27(22-2,23-3)19-13-9-7-11-17(19)15-16-18-12-8-10-14-20(18)28(24-4,25-5)26-6/h7-16H,1-6H3/b16-15+. The molecule has 0 aliphatic rings. The predicted octanol–water partition coefficient (Wildman–Crippen LogP) is 2.03. The van der Waals surface area contributed by atoms with Crippen LogP contribution in [0.2, 0.25) is 0 Å². The Kier molecular flexibility index (Phi) is 8.28. The van der Waals surface area contributed by atoms with Crippen LogP contribution in [0.15, 0.2) is 48.5 Å². The number of rotatable bonds is 10. The lowest BCUT2D eigenvalue weighted by atomic mass is 10.1. The Morgan fingerprint density at radius 3 is 1.07 bits per heavy atom. The second-order valence-corrected chi connectivity index (χ2v) is 11.6. The summed E-state index contributed by atoms with van der Waals surface area (Å²) in [6, 6.07) is 15.7. The molecule has 0 aliphatic carbocycles. The summed E-state index contributed by atoms with van der Waals surface area (Å²) in [5.74, 6) is 0. The van der Waals surface area contributed by atoms with E-state index in [2.05, 4.69) is 0 Å². The summed E-state index contributed by atoms with van der Waals surface area (Å²) in [7, 11) is 3.68. The van der Waals surface area contributed by atoms with E-state index in [0.717, 1.165) is 21.5 Å². The van der Waals surface area contributed by atoms with Crippen molar-refractivity contribution < 1.29 is 26.6 Å². The lowest BCUT2D eigenvalue weighted by Gasteiger charge is -2.26. The topological polar surface area (TPSA) is 55.4 Å². The second kappa shape index (κ2) is 10.2. The van der Waals surface area contributed by atoms with Gasteiger partial charge < -0.3 is 26.6 Å². The minimum atomic E-state index is -2.96. The van der Waals surface area contributed by atoms with Crippen LogP contribution in [-0.4, -0.2) is 60.3 Å². The molecular formula is C20H28O6Si2. The first-order chi connectivity index (χ1) is 13.6. The van der Waals surface area contributed by atoms with Crippen LogP contribution in [-0.2, 0) is 26.6 Å². The van der Waals surface area contributed by atoms with Crippen LogP contribution in [0.3, 0.4) is 0 Å². The zero-order chi connectivity index (χ0) is 20.6. The molecule has 0 aliphatic heterocycles. The maximum atomic E-state index is 5.65. The highest BCUT2D eigenvalue weighted by molar-refractivity contribution is 6.76. The van der Waals surface area contributed by atoms with Gasteiger partial charge in [-0.15, -0.1) is 0 Å². The van der Waals surface area contributed by atoms with Gasteiger partial charge in [0, 0.05) is 53.0 Å². The molecule has 0 heterocycles. The van der Waals surface area contributed by atoms with Crippen LogP contribution in [0.1, 0.15) is 11.1 Å². The van der Waals surface area contributed by atoms with Crippen LogP contribution in [0.5, 0.6) is 0 Å². The van der Waals surface area contributed by atoms with Crippen molar-refractivity contribution in [3.63, 3.8) is 0 Å². The van der Waals surface area contributed by atoms with Crippen LogP contribution < -0.4 is 10.4 Å². The third-order valence-electron chi connectivity index (χ3n) is 4.64. The third-order valence-corrected chi connectivity index (χ3v) is 10.1. The Hall–Kier alpha value is -1.63. The first-order valence-corrected chi connectivity index (χ1v) is 12.2. The summed E-state index contributed by atoms with van der Waals surface area (Å²) in [6.07, 6.45) is 4.01. The highest BCUT2D eigenvalue weighted by Crippen LogP contribution is 2.16. The summed E-state index contributed by atoms with van der Waals surface area (Å²) in [4.78, 5) is 0. The van der Waals surface area contributed by atoms with Crippen molar-refractivity contribution in [3.05, 3.63) is 59.7 Å². The minimum Gasteiger partial charge on any atom is -0.373 e. The van der Waals surface area contributed by atoms with E-state index >= 15 is 0 Å². The molecule has 0 spiro atoms. The van der Waals surface area contributed by atoms with Gasteiger partial charge >= 0.3 is 17.6 Å². The monoisotopic (exact) mass is 420 g/mol. The molecule has 0 unspecified atom stereocenters. The molecule has 0 radical (unpaired) electrons. The molecule has 2 rings (SSSR count). The number of hydrogen-bond acceptors (Lipinski definition) is 6. The maximum absolute atomic E-state index is 5.65. The molecule has 0 N–H and O–H groups in total. The van der Waals surface area contributed by atoms with Gasteiger partial charge in [0.25, 0.3) is 0 Å². The van der Waals surface area contributed by atoms with Crippen LogP contribution >= 0.6 is 0 Å². The molecule has 0 aromatic heterocycles. The van der Waals surface area contributed by atoms with Gasteiger partial charge in [-0.3, -0.25) is 0 Å². The molecule has 2 aromatic rings. The van der Waals surface area contributed by atoms with Gasteiger partial charge in [0.05, 0.1) is 0 Å². The van der Waals surface area contributed by atoms with Crippen molar-refractivity contribution in [1.82, 2.24) is 0 Å². The SMILES string of the molecule is CO[Si](OC)(OC)c1ccccc1/C=C/c1ccccc1[Si](OC)(OC)OC. The van der Waals surface area contributed by atoms with Crippen molar-refractivity contribution in [2.24, 2.45) is 0 Å². The van der Waals surface area contributed by atoms with Gasteiger partial charge in [0.15, 0.2) is 0 Å². The van der Waals surface area contributed by atoms with Crippen LogP contribution in [0, 0.1) is 0 Å². The molecule has 152 valence electrons. The maximum Gasteiger partial charge on any atom is 0.537 e. The first-order valence-electron chi connectivity index (χ1n) is 8.74. The minimum absolute atomic E-state index is 0.893. The Bertz CT molecular complexity index is 706. The van der Waals surface area contributed by atoms with Crippen LogP contribution in [0.25, 0.3) is 12.2 Å². The molecular weight excluding hydrogens is 392 g/mol. The van der Waals surface area contributed by atoms with E-state index in [9.17, 15) is 0 Å². The van der Waals surface area contributed by atoms with E-state index in [1.807, 2.05) is 60.7 Å². The zero-order valence-corrected chi connectivity index (χ0v) is 19.2. The van der Waals surface area contributed by atoms with Crippen LogP contribution in [0.4, 0.5) is 0 Å². The molecule has 0 fully saturated rings. The van der Waals surface area contributed by atoms with Crippen molar-refractivity contribution in [2.75, 3.05) is 42.7 Å². The fraction of sp³-hybridized carbons (Fsp3) is 0.300. The fourth-order valence-corrected chi connectivity index (χ4v) is 7.14. The number of benzene rings is 2. The summed E-state index contributed by atoms with van der Waals surface area (Å²) < 4.78 is 33.9. The second-order valence-electron chi connectivity index (χ2n) is 5.84. The summed E-state index contributed by atoms with van der Waals surface area (Å²) in [6.45, 7) is 0. The lowest BCUT2D eigenvalue weighted by Crippen LogP contribution is -2.55. The third kappa shape index (κ3) is 4.34. The van der Waals surface area contributed by atoms with E-state index in [1.165, 1.54) is 0 Å². The molecule has 0 saturated heterocycles. The van der Waals surface area contributed by atoms with Crippen molar-refractivity contribution in [1.29, 1.82) is 0 Å². The Morgan fingerprint density at radius 1 is 0.500 bits per heavy atom. The predicted molar refractivity (Wildman–Crippen MR) is 115 cm³/mol. The van der Waals surface area contributed by atoms with Gasteiger partial charge in [-0.2, -0.15) is 0 Å². The van der Waals surface area contributed by atoms with E-state index in [-0.39, 0.29) is 0 Å². The Labute approximate surface area is 169 Å². The lowest BCUT2D eigenvalue weighted by molar-refractivity contribution is 0.140. The average molecular weight is 421 g/mol. The largest absolute Gasteiger partial charge is 0.537 e. The van der Waals surface area contributed by atoms with Gasteiger partial charge in [-0.1, -0.05) is 60.7 Å². The number of hydrogen-bond donors (Lipinski definition) is 0. The van der Waals surface area contributed by atoms with E-state index in [1.54, 1.807) is 42.7 Å². The molecule has 28 heavy (non-hydrogen) atoms. The van der Waals surface area contributed by atoms with E-state index in [4.69, 9.17) is 26.6 Å². The summed E-state index contributed by atoms with van der Waals surface area (Å²) in [5.41, 5.74) is 1.91. The Balaban J connectivity index is 2.53. The summed E-state index contributed by atoms with van der Waals surface area (Å²) >= 11 is 0. The molecule has 0 amide bonds. The molecule has 0 bridgehead atoms. The molecule has 6 nitrogen and oxygen atoms in total. The normalized spacial score (nSPS) is 12.6. The van der Waals surface area contributed by atoms with Crippen molar-refractivity contribution in [3.8, 4) is 0 Å². The fourth-order valence-electron chi connectivity index (χ4n) is 3.18. The van der Waals surface area contributed by atoms with E-state index in [0.29, 0.717) is 0 Å². The first kappa shape index (κ1) is 22.7. The molecule has 8 heteroatoms. The highest BCUT2D eigenvalue weighted by atomic mass is 28.4. The smallest absolute Gasteiger partial charge is 0.373 e. The Morgan fingerprint density at radius 2 is 0.786 bits per heavy atom. The van der Waals surface area contributed by atoms with Crippen molar-refractivity contribution >= 4 is 40.1 Å². The van der Waals surface area contributed by atoms with Gasteiger partial charge in [-0.05, 0) is 11.1 Å². The highest BCUT2D eigenvalue weighted by Gasteiger charge is 2.43. The van der Waals surface area contributed by atoms with Gasteiger partial charge in [0.1, 0.15) is 0 Å². The van der Waals surface area contributed by atoms with Gasteiger partial charge in [-0.25, -0.2) is 0 Å². The van der Waals surface area contributed by atoms with Gasteiger partial charge in [0.2, 0.25) is 0 Å². The zero-order valence-electron chi connectivity index (χ0n) is 17.2. The quantitative estimate of drug-likeness (QED) is 0.433. The van der Waals surface area contributed by atoms with Crippen molar-refractivity contribution in [2.45, 2.75) is 0 Å². The molecule has 2 aromatic carbocycles. The average Bonchev–Trinajstić information content (AvgIpc) is 2.77. The molecule has 0 saturated carbocycles. The summed E-state index contributed by atoms with van der Waals surface area (Å²) in [5, 5.41) is 1.79. The molecule has 0 atom stereocenters.